The van der Waals surface area contributed by atoms with Crippen molar-refractivity contribution in [1.82, 2.24) is 0 Å². The van der Waals surface area contributed by atoms with Gasteiger partial charge in [0.25, 0.3) is 0 Å². The number of ether oxygens (including phenoxy) is 1. The van der Waals surface area contributed by atoms with E-state index in [9.17, 15) is 4.79 Å². The fourth-order valence-corrected chi connectivity index (χ4v) is 2.01. The predicted molar refractivity (Wildman–Crippen MR) is 55.8 cm³/mol. The lowest BCUT2D eigenvalue weighted by atomic mass is 9.90. The molecule has 0 heterocycles. The smallest absolute Gasteiger partial charge is 0.246 e. The molecular formula is C11H21NO2. The summed E-state index contributed by atoms with van der Waals surface area (Å²) in [6, 6.07) is 0. The minimum Gasteiger partial charge on any atom is -0.368 e. The van der Waals surface area contributed by atoms with Gasteiger partial charge in [0.2, 0.25) is 5.91 Å². The maximum Gasteiger partial charge on any atom is 0.246 e. The third-order valence-corrected chi connectivity index (χ3v) is 2.95. The van der Waals surface area contributed by atoms with Crippen molar-refractivity contribution in [3.05, 3.63) is 0 Å². The van der Waals surface area contributed by atoms with Gasteiger partial charge in [0.15, 0.2) is 0 Å². The van der Waals surface area contributed by atoms with Crippen molar-refractivity contribution >= 4 is 5.91 Å². The van der Waals surface area contributed by atoms with Crippen molar-refractivity contribution in [2.45, 2.75) is 51.6 Å². The molecule has 1 unspecified atom stereocenters. The van der Waals surface area contributed by atoms with Gasteiger partial charge in [0.1, 0.15) is 6.10 Å². The number of carbonyl (C=O) groups is 1. The minimum absolute atomic E-state index is 0.330. The number of hydrogen-bond donors (Lipinski definition) is 1. The van der Waals surface area contributed by atoms with Crippen LogP contribution >= 0.6 is 0 Å². The Morgan fingerprint density at radius 2 is 2.07 bits per heavy atom. The average molecular weight is 199 g/mol. The summed E-state index contributed by atoms with van der Waals surface area (Å²) in [5.74, 6) is 0.320. The lowest BCUT2D eigenvalue weighted by Gasteiger charge is -2.23. The molecular weight excluding hydrogens is 178 g/mol. The molecule has 1 amide bonds. The highest BCUT2D eigenvalue weighted by atomic mass is 16.5. The van der Waals surface area contributed by atoms with Crippen LogP contribution in [0.3, 0.4) is 0 Å². The maximum absolute atomic E-state index is 10.9. The molecule has 1 aliphatic carbocycles. The van der Waals surface area contributed by atoms with E-state index in [1.807, 2.05) is 6.92 Å². The fraction of sp³-hybridized carbons (Fsp3) is 0.909. The van der Waals surface area contributed by atoms with Crippen molar-refractivity contribution in [3.63, 3.8) is 0 Å². The second kappa shape index (κ2) is 6.02. The van der Waals surface area contributed by atoms with Gasteiger partial charge in [-0.15, -0.1) is 0 Å². The molecule has 82 valence electrons. The van der Waals surface area contributed by atoms with Gasteiger partial charge in [0, 0.05) is 0 Å². The van der Waals surface area contributed by atoms with E-state index in [1.165, 1.54) is 32.1 Å². The van der Waals surface area contributed by atoms with Crippen molar-refractivity contribution in [1.29, 1.82) is 0 Å². The topological polar surface area (TPSA) is 52.3 Å². The van der Waals surface area contributed by atoms with Gasteiger partial charge in [-0.25, -0.2) is 0 Å². The van der Waals surface area contributed by atoms with Crippen molar-refractivity contribution in [2.24, 2.45) is 11.7 Å². The lowest BCUT2D eigenvalue weighted by Crippen LogP contribution is -2.32. The van der Waals surface area contributed by atoms with Crippen molar-refractivity contribution < 1.29 is 9.53 Å². The molecule has 1 rings (SSSR count). The van der Waals surface area contributed by atoms with Crippen LogP contribution in [0.2, 0.25) is 0 Å². The van der Waals surface area contributed by atoms with E-state index >= 15 is 0 Å². The minimum atomic E-state index is -0.378. The molecule has 14 heavy (non-hydrogen) atoms. The summed E-state index contributed by atoms with van der Waals surface area (Å²) in [5, 5.41) is 0. The molecule has 0 spiro atoms. The highest BCUT2D eigenvalue weighted by molar-refractivity contribution is 5.78. The van der Waals surface area contributed by atoms with Crippen LogP contribution in [-0.4, -0.2) is 18.6 Å². The average Bonchev–Trinajstić information content (AvgIpc) is 2.20. The zero-order valence-corrected chi connectivity index (χ0v) is 9.00. The van der Waals surface area contributed by atoms with E-state index in [4.69, 9.17) is 10.5 Å². The molecule has 0 saturated heterocycles. The number of amides is 1. The highest BCUT2D eigenvalue weighted by Gasteiger charge is 2.18. The van der Waals surface area contributed by atoms with Gasteiger partial charge in [-0.3, -0.25) is 4.79 Å². The van der Waals surface area contributed by atoms with Crippen LogP contribution in [-0.2, 0) is 9.53 Å². The van der Waals surface area contributed by atoms with Gasteiger partial charge in [-0.1, -0.05) is 26.2 Å². The summed E-state index contributed by atoms with van der Waals surface area (Å²) in [5.41, 5.74) is 5.20. The van der Waals surface area contributed by atoms with Crippen LogP contribution in [0.5, 0.6) is 0 Å². The van der Waals surface area contributed by atoms with Gasteiger partial charge < -0.3 is 10.5 Å². The summed E-state index contributed by atoms with van der Waals surface area (Å²) >= 11 is 0. The molecule has 0 aromatic heterocycles. The van der Waals surface area contributed by atoms with E-state index < -0.39 is 0 Å². The van der Waals surface area contributed by atoms with E-state index in [2.05, 4.69) is 0 Å². The number of rotatable bonds is 5. The first-order valence-corrected chi connectivity index (χ1v) is 5.65. The molecule has 0 aliphatic heterocycles. The van der Waals surface area contributed by atoms with Crippen LogP contribution < -0.4 is 5.73 Å². The molecule has 0 aromatic carbocycles. The van der Waals surface area contributed by atoms with Crippen molar-refractivity contribution in [3.8, 4) is 0 Å². The first kappa shape index (κ1) is 11.5. The molecule has 0 radical (unpaired) electrons. The summed E-state index contributed by atoms with van der Waals surface area (Å²) in [7, 11) is 0. The second-order valence-corrected chi connectivity index (χ2v) is 4.14. The Morgan fingerprint density at radius 1 is 1.43 bits per heavy atom. The number of nitrogens with two attached hydrogens (primary N) is 1. The monoisotopic (exact) mass is 199 g/mol. The summed E-state index contributed by atoms with van der Waals surface area (Å²) in [6.07, 6.45) is 6.76. The molecule has 1 saturated carbocycles. The van der Waals surface area contributed by atoms with Crippen LogP contribution in [0.15, 0.2) is 0 Å². The zero-order valence-electron chi connectivity index (χ0n) is 9.00. The Morgan fingerprint density at radius 3 is 2.57 bits per heavy atom. The number of hydrogen-bond acceptors (Lipinski definition) is 2. The van der Waals surface area contributed by atoms with Crippen LogP contribution in [0.4, 0.5) is 0 Å². The number of primary amides is 1. The predicted octanol–water partition coefficient (Wildman–Crippen LogP) is 1.85. The van der Waals surface area contributed by atoms with Crippen LogP contribution in [0, 0.1) is 5.92 Å². The highest BCUT2D eigenvalue weighted by Crippen LogP contribution is 2.24. The Kier molecular flexibility index (Phi) is 4.94. The van der Waals surface area contributed by atoms with Gasteiger partial charge in [0.05, 0.1) is 6.61 Å². The fourth-order valence-electron chi connectivity index (χ4n) is 2.01. The van der Waals surface area contributed by atoms with E-state index in [1.54, 1.807) is 0 Å². The van der Waals surface area contributed by atoms with E-state index in [-0.39, 0.29) is 12.0 Å². The Hall–Kier alpha value is -0.570. The normalized spacial score (nSPS) is 20.6. The third-order valence-electron chi connectivity index (χ3n) is 2.95. The molecule has 0 aromatic rings. The standard InChI is InChI=1S/C11H21NO2/c1-2-10(11(12)13)14-8-9-6-4-3-5-7-9/h9-10H,2-8H2,1H3,(H2,12,13). The third kappa shape index (κ3) is 3.66. The summed E-state index contributed by atoms with van der Waals surface area (Å²) in [6.45, 7) is 2.64. The van der Waals surface area contributed by atoms with Crippen LogP contribution in [0.1, 0.15) is 45.4 Å². The Labute approximate surface area is 86.0 Å². The van der Waals surface area contributed by atoms with Gasteiger partial charge in [-0.2, -0.15) is 0 Å². The maximum atomic E-state index is 10.9. The van der Waals surface area contributed by atoms with E-state index in [0.717, 1.165) is 0 Å². The molecule has 1 atom stereocenters. The summed E-state index contributed by atoms with van der Waals surface area (Å²) in [4.78, 5) is 10.9. The second-order valence-electron chi connectivity index (χ2n) is 4.14. The zero-order chi connectivity index (χ0) is 10.4. The molecule has 3 heteroatoms. The van der Waals surface area contributed by atoms with E-state index in [0.29, 0.717) is 18.9 Å². The van der Waals surface area contributed by atoms with Gasteiger partial charge in [-0.05, 0) is 25.2 Å². The molecule has 0 bridgehead atoms. The number of carbonyl (C=O) groups excluding carboxylic acids is 1. The quantitative estimate of drug-likeness (QED) is 0.734. The first-order chi connectivity index (χ1) is 6.74. The molecule has 1 fully saturated rings. The van der Waals surface area contributed by atoms with Crippen molar-refractivity contribution in [2.75, 3.05) is 6.61 Å². The Bertz CT molecular complexity index is 176. The van der Waals surface area contributed by atoms with Gasteiger partial charge >= 0.3 is 0 Å². The SMILES string of the molecule is CCC(OCC1CCCCC1)C(N)=O. The molecule has 2 N–H and O–H groups in total. The largest absolute Gasteiger partial charge is 0.368 e. The first-order valence-electron chi connectivity index (χ1n) is 5.65. The van der Waals surface area contributed by atoms with Crippen LogP contribution in [0.25, 0.3) is 0 Å². The molecule has 3 nitrogen and oxygen atoms in total. The Balaban J connectivity index is 2.20. The lowest BCUT2D eigenvalue weighted by molar-refractivity contribution is -0.130. The molecule has 1 aliphatic rings. The summed E-state index contributed by atoms with van der Waals surface area (Å²) < 4.78 is 5.52.